The Balaban J connectivity index is 2.23. The van der Waals surface area contributed by atoms with Gasteiger partial charge >= 0.3 is 0 Å². The highest BCUT2D eigenvalue weighted by atomic mass is 79.9. The zero-order valence-corrected chi connectivity index (χ0v) is 7.02. The van der Waals surface area contributed by atoms with Crippen LogP contribution in [0.3, 0.4) is 0 Å². The van der Waals surface area contributed by atoms with E-state index in [4.69, 9.17) is 0 Å². The second kappa shape index (κ2) is 4.07. The van der Waals surface area contributed by atoms with Crippen molar-refractivity contribution in [2.75, 3.05) is 5.45 Å². The SMILES string of the molecule is BrCNC1C=CCCC1. The first-order valence-electron chi connectivity index (χ1n) is 3.39. The molecule has 0 heterocycles. The van der Waals surface area contributed by atoms with Crippen LogP contribution < -0.4 is 5.32 Å². The standard InChI is InChI=1S/C7H12BrN/c8-6-9-7-4-2-1-3-5-7/h2,4,7,9H,1,3,5-6H2. The van der Waals surface area contributed by atoms with E-state index in [2.05, 4.69) is 33.4 Å². The minimum atomic E-state index is 0.623. The van der Waals surface area contributed by atoms with Gasteiger partial charge in [0.05, 0.1) is 5.45 Å². The van der Waals surface area contributed by atoms with E-state index in [1.54, 1.807) is 0 Å². The molecule has 0 aromatic carbocycles. The lowest BCUT2D eigenvalue weighted by molar-refractivity contribution is 0.562. The van der Waals surface area contributed by atoms with E-state index in [0.29, 0.717) is 6.04 Å². The Bertz CT molecular complexity index is 101. The molecule has 0 radical (unpaired) electrons. The van der Waals surface area contributed by atoms with Gasteiger partial charge in [-0.3, -0.25) is 0 Å². The Kier molecular flexibility index (Phi) is 3.30. The Labute approximate surface area is 64.7 Å². The summed E-state index contributed by atoms with van der Waals surface area (Å²) in [6.07, 6.45) is 8.40. The summed E-state index contributed by atoms with van der Waals surface area (Å²) in [6.45, 7) is 0. The van der Waals surface area contributed by atoms with Gasteiger partial charge in [-0.2, -0.15) is 0 Å². The van der Waals surface area contributed by atoms with Crippen molar-refractivity contribution < 1.29 is 0 Å². The number of rotatable bonds is 2. The topological polar surface area (TPSA) is 12.0 Å². The summed E-state index contributed by atoms with van der Waals surface area (Å²) in [5, 5.41) is 3.31. The van der Waals surface area contributed by atoms with Crippen LogP contribution in [0.2, 0.25) is 0 Å². The summed E-state index contributed by atoms with van der Waals surface area (Å²) in [5.74, 6) is 0. The van der Waals surface area contributed by atoms with Crippen LogP contribution >= 0.6 is 15.9 Å². The lowest BCUT2D eigenvalue weighted by Crippen LogP contribution is -2.26. The van der Waals surface area contributed by atoms with Gasteiger partial charge in [-0.1, -0.05) is 28.1 Å². The Morgan fingerprint density at radius 1 is 1.67 bits per heavy atom. The molecule has 0 spiro atoms. The van der Waals surface area contributed by atoms with Crippen molar-refractivity contribution in [3.8, 4) is 0 Å². The maximum Gasteiger partial charge on any atom is 0.0521 e. The molecule has 0 aromatic rings. The van der Waals surface area contributed by atoms with Crippen LogP contribution in [-0.4, -0.2) is 11.5 Å². The highest BCUT2D eigenvalue weighted by Gasteiger charge is 2.04. The van der Waals surface area contributed by atoms with Crippen molar-refractivity contribution in [2.45, 2.75) is 25.3 Å². The van der Waals surface area contributed by atoms with E-state index in [9.17, 15) is 0 Å². The molecule has 9 heavy (non-hydrogen) atoms. The monoisotopic (exact) mass is 189 g/mol. The first kappa shape index (κ1) is 7.29. The summed E-state index contributed by atoms with van der Waals surface area (Å²) < 4.78 is 0. The fourth-order valence-corrected chi connectivity index (χ4v) is 1.50. The van der Waals surface area contributed by atoms with Crippen LogP contribution in [0.4, 0.5) is 0 Å². The summed E-state index contributed by atoms with van der Waals surface area (Å²) in [4.78, 5) is 0. The van der Waals surface area contributed by atoms with Crippen molar-refractivity contribution in [1.29, 1.82) is 0 Å². The maximum atomic E-state index is 3.34. The number of nitrogens with one attached hydrogen (secondary N) is 1. The third-order valence-electron chi connectivity index (χ3n) is 1.59. The first-order chi connectivity index (χ1) is 4.43. The number of hydrogen-bond donors (Lipinski definition) is 1. The van der Waals surface area contributed by atoms with Gasteiger partial charge in [-0.05, 0) is 19.3 Å². The predicted molar refractivity (Wildman–Crippen MR) is 43.7 cm³/mol. The maximum absolute atomic E-state index is 3.34. The van der Waals surface area contributed by atoms with Gasteiger partial charge in [-0.25, -0.2) is 0 Å². The van der Waals surface area contributed by atoms with Crippen LogP contribution in [0.25, 0.3) is 0 Å². The molecule has 1 aliphatic rings. The van der Waals surface area contributed by atoms with Gasteiger partial charge in [0.1, 0.15) is 0 Å². The smallest absolute Gasteiger partial charge is 0.0521 e. The fourth-order valence-electron chi connectivity index (χ4n) is 1.08. The average molecular weight is 190 g/mol. The second-order valence-corrected chi connectivity index (χ2v) is 2.86. The molecule has 0 saturated heterocycles. The first-order valence-corrected chi connectivity index (χ1v) is 4.51. The minimum Gasteiger partial charge on any atom is -0.301 e. The number of halogens is 1. The third-order valence-corrected chi connectivity index (χ3v) is 1.92. The average Bonchev–Trinajstić information content (AvgIpc) is 1.91. The highest BCUT2D eigenvalue weighted by molar-refractivity contribution is 9.09. The molecule has 1 unspecified atom stereocenters. The molecule has 0 saturated carbocycles. The van der Waals surface area contributed by atoms with Crippen molar-refractivity contribution in [3.05, 3.63) is 12.2 Å². The molecular weight excluding hydrogens is 178 g/mol. The summed E-state index contributed by atoms with van der Waals surface area (Å²) in [5.41, 5.74) is 0.905. The molecule has 52 valence electrons. The molecule has 1 atom stereocenters. The van der Waals surface area contributed by atoms with Gasteiger partial charge in [0.2, 0.25) is 0 Å². The van der Waals surface area contributed by atoms with Crippen molar-refractivity contribution >= 4 is 15.9 Å². The highest BCUT2D eigenvalue weighted by Crippen LogP contribution is 2.09. The Hall–Kier alpha value is 0.180. The largest absolute Gasteiger partial charge is 0.301 e. The third kappa shape index (κ3) is 2.50. The van der Waals surface area contributed by atoms with Crippen molar-refractivity contribution in [2.24, 2.45) is 0 Å². The van der Waals surface area contributed by atoms with Gasteiger partial charge in [0, 0.05) is 6.04 Å². The zero-order chi connectivity index (χ0) is 6.53. The molecule has 1 aliphatic carbocycles. The van der Waals surface area contributed by atoms with E-state index < -0.39 is 0 Å². The molecule has 1 N–H and O–H groups in total. The van der Waals surface area contributed by atoms with Gasteiger partial charge in [0.15, 0.2) is 0 Å². The van der Waals surface area contributed by atoms with Crippen LogP contribution in [0, 0.1) is 0 Å². The summed E-state index contributed by atoms with van der Waals surface area (Å²) in [6, 6.07) is 0.623. The molecule has 1 rings (SSSR count). The molecule has 0 aliphatic heterocycles. The van der Waals surface area contributed by atoms with Crippen LogP contribution in [0.5, 0.6) is 0 Å². The molecular formula is C7H12BrN. The van der Waals surface area contributed by atoms with Crippen molar-refractivity contribution in [3.63, 3.8) is 0 Å². The molecule has 2 heteroatoms. The summed E-state index contributed by atoms with van der Waals surface area (Å²) in [7, 11) is 0. The zero-order valence-electron chi connectivity index (χ0n) is 5.44. The predicted octanol–water partition coefficient (Wildman–Crippen LogP) is 2.04. The van der Waals surface area contributed by atoms with E-state index in [-0.39, 0.29) is 0 Å². The fraction of sp³-hybridized carbons (Fsp3) is 0.714. The number of alkyl halides is 1. The van der Waals surface area contributed by atoms with Gasteiger partial charge in [0.25, 0.3) is 0 Å². The van der Waals surface area contributed by atoms with E-state index >= 15 is 0 Å². The van der Waals surface area contributed by atoms with E-state index in [1.165, 1.54) is 19.3 Å². The van der Waals surface area contributed by atoms with Gasteiger partial charge < -0.3 is 5.32 Å². The molecule has 0 fully saturated rings. The lowest BCUT2D eigenvalue weighted by Gasteiger charge is -2.15. The Morgan fingerprint density at radius 2 is 2.56 bits per heavy atom. The molecule has 0 amide bonds. The van der Waals surface area contributed by atoms with Crippen molar-refractivity contribution in [1.82, 2.24) is 5.32 Å². The quantitative estimate of drug-likeness (QED) is 0.399. The van der Waals surface area contributed by atoms with E-state index in [1.807, 2.05) is 0 Å². The normalized spacial score (nSPS) is 26.6. The second-order valence-electron chi connectivity index (χ2n) is 2.30. The van der Waals surface area contributed by atoms with Crippen LogP contribution in [0.1, 0.15) is 19.3 Å². The van der Waals surface area contributed by atoms with Gasteiger partial charge in [-0.15, -0.1) is 0 Å². The Morgan fingerprint density at radius 3 is 3.11 bits per heavy atom. The minimum absolute atomic E-state index is 0.623. The lowest BCUT2D eigenvalue weighted by atomic mass is 10.0. The summed E-state index contributed by atoms with van der Waals surface area (Å²) >= 11 is 3.34. The van der Waals surface area contributed by atoms with E-state index in [0.717, 1.165) is 5.45 Å². The van der Waals surface area contributed by atoms with Crippen LogP contribution in [-0.2, 0) is 0 Å². The molecule has 0 bridgehead atoms. The van der Waals surface area contributed by atoms with Crippen LogP contribution in [0.15, 0.2) is 12.2 Å². The molecule has 0 aromatic heterocycles. The number of allylic oxidation sites excluding steroid dienone is 1. The molecule has 1 nitrogen and oxygen atoms in total. The number of hydrogen-bond acceptors (Lipinski definition) is 1.